The van der Waals surface area contributed by atoms with E-state index in [0.717, 1.165) is 11.3 Å². The number of carbonyl (C=O) groups excluding carboxylic acids is 1. The molecule has 0 saturated carbocycles. The molecule has 2 aromatic rings. The molecule has 1 amide bonds. The molecule has 120 valence electrons. The molecular weight excluding hydrogens is 316 g/mol. The second-order valence-corrected chi connectivity index (χ2v) is 5.16. The number of rotatable bonds is 6. The second-order valence-electron chi connectivity index (χ2n) is 4.72. The first-order valence-electron chi connectivity index (χ1n) is 6.97. The lowest BCUT2D eigenvalue weighted by atomic mass is 10.2. The molecule has 0 aromatic heterocycles. The number of hydrazone groups is 1. The van der Waals surface area contributed by atoms with Gasteiger partial charge in [-0.15, -0.1) is 0 Å². The molecule has 0 radical (unpaired) electrons. The van der Waals surface area contributed by atoms with E-state index < -0.39 is 6.10 Å². The summed E-state index contributed by atoms with van der Waals surface area (Å²) in [6.45, 7) is 1.65. The van der Waals surface area contributed by atoms with Crippen LogP contribution in [0.5, 0.6) is 11.5 Å². The summed E-state index contributed by atoms with van der Waals surface area (Å²) in [5, 5.41) is 4.52. The normalized spacial score (nSPS) is 12.0. The van der Waals surface area contributed by atoms with Gasteiger partial charge >= 0.3 is 0 Å². The maximum absolute atomic E-state index is 11.9. The van der Waals surface area contributed by atoms with Gasteiger partial charge in [0.05, 0.1) is 13.3 Å². The van der Waals surface area contributed by atoms with Gasteiger partial charge in [0, 0.05) is 5.02 Å². The Morgan fingerprint density at radius 1 is 1.13 bits per heavy atom. The van der Waals surface area contributed by atoms with Crippen LogP contribution in [0.1, 0.15) is 12.5 Å². The molecule has 1 atom stereocenters. The minimum Gasteiger partial charge on any atom is -0.497 e. The van der Waals surface area contributed by atoms with Gasteiger partial charge in [-0.05, 0) is 61.0 Å². The van der Waals surface area contributed by atoms with Crippen LogP contribution in [0.15, 0.2) is 53.6 Å². The molecule has 6 heteroatoms. The van der Waals surface area contributed by atoms with Crippen molar-refractivity contribution in [3.05, 3.63) is 59.1 Å². The highest BCUT2D eigenvalue weighted by atomic mass is 35.5. The molecule has 0 saturated heterocycles. The van der Waals surface area contributed by atoms with Gasteiger partial charge in [0.25, 0.3) is 5.91 Å². The van der Waals surface area contributed by atoms with Gasteiger partial charge in [0.1, 0.15) is 11.5 Å². The Morgan fingerprint density at radius 3 is 2.35 bits per heavy atom. The summed E-state index contributed by atoms with van der Waals surface area (Å²) in [4.78, 5) is 11.9. The Morgan fingerprint density at radius 2 is 1.74 bits per heavy atom. The van der Waals surface area contributed by atoms with E-state index >= 15 is 0 Å². The Balaban J connectivity index is 1.85. The third-order valence-corrected chi connectivity index (χ3v) is 3.25. The number of carbonyl (C=O) groups is 1. The molecule has 2 aromatic carbocycles. The minimum atomic E-state index is -0.677. The van der Waals surface area contributed by atoms with Gasteiger partial charge in [-0.1, -0.05) is 11.6 Å². The summed E-state index contributed by atoms with van der Waals surface area (Å²) in [5.41, 5.74) is 3.28. The Hall–Kier alpha value is -2.53. The smallest absolute Gasteiger partial charge is 0.280 e. The van der Waals surface area contributed by atoms with Crippen molar-refractivity contribution < 1.29 is 14.3 Å². The summed E-state index contributed by atoms with van der Waals surface area (Å²) < 4.78 is 10.6. The molecule has 0 fully saturated rings. The molecule has 0 aliphatic heterocycles. The molecule has 0 aliphatic carbocycles. The zero-order valence-corrected chi connectivity index (χ0v) is 13.6. The maximum atomic E-state index is 11.9. The fourth-order valence-electron chi connectivity index (χ4n) is 1.72. The lowest BCUT2D eigenvalue weighted by Crippen LogP contribution is -2.33. The van der Waals surface area contributed by atoms with Crippen molar-refractivity contribution >= 4 is 23.7 Å². The van der Waals surface area contributed by atoms with Crippen LogP contribution >= 0.6 is 11.6 Å². The Kier molecular flexibility index (Phi) is 6.00. The minimum absolute atomic E-state index is 0.343. The molecular formula is C17H17ClN2O3. The van der Waals surface area contributed by atoms with E-state index in [-0.39, 0.29) is 5.91 Å². The van der Waals surface area contributed by atoms with E-state index in [9.17, 15) is 4.79 Å². The second kappa shape index (κ2) is 8.19. The molecule has 1 unspecified atom stereocenters. The van der Waals surface area contributed by atoms with Crippen LogP contribution in [0.4, 0.5) is 0 Å². The zero-order valence-electron chi connectivity index (χ0n) is 12.8. The van der Waals surface area contributed by atoms with E-state index in [1.54, 1.807) is 44.5 Å². The lowest BCUT2D eigenvalue weighted by Gasteiger charge is -2.12. The van der Waals surface area contributed by atoms with Crippen LogP contribution in [-0.4, -0.2) is 25.3 Å². The number of nitrogens with zero attached hydrogens (tertiary/aromatic N) is 1. The molecule has 0 aliphatic rings. The van der Waals surface area contributed by atoms with Crippen molar-refractivity contribution in [2.75, 3.05) is 7.11 Å². The third-order valence-electron chi connectivity index (χ3n) is 3.00. The van der Waals surface area contributed by atoms with Gasteiger partial charge in [0.15, 0.2) is 6.10 Å². The third kappa shape index (κ3) is 5.30. The highest BCUT2D eigenvalue weighted by Crippen LogP contribution is 2.16. The van der Waals surface area contributed by atoms with Crippen molar-refractivity contribution in [3.63, 3.8) is 0 Å². The standard InChI is InChI=1S/C17H17ClN2O3/c1-12(23-16-9-5-14(18)6-10-16)17(21)20-19-11-13-3-7-15(22-2)8-4-13/h3-12H,1-2H3,(H,20,21). The summed E-state index contributed by atoms with van der Waals surface area (Å²) in [6.07, 6.45) is 0.871. The molecule has 2 rings (SSSR count). The van der Waals surface area contributed by atoms with Crippen LogP contribution in [0.2, 0.25) is 5.02 Å². The zero-order chi connectivity index (χ0) is 16.7. The molecule has 5 nitrogen and oxygen atoms in total. The molecule has 23 heavy (non-hydrogen) atoms. The summed E-state index contributed by atoms with van der Waals surface area (Å²) in [5.74, 6) is 0.983. The number of nitrogens with one attached hydrogen (secondary N) is 1. The number of halogens is 1. The highest BCUT2D eigenvalue weighted by Gasteiger charge is 2.13. The van der Waals surface area contributed by atoms with Crippen LogP contribution in [0.25, 0.3) is 0 Å². The first-order chi connectivity index (χ1) is 11.1. The van der Waals surface area contributed by atoms with Crippen molar-refractivity contribution in [3.8, 4) is 11.5 Å². The number of hydrogen-bond donors (Lipinski definition) is 1. The van der Waals surface area contributed by atoms with Crippen LogP contribution < -0.4 is 14.9 Å². The molecule has 1 N–H and O–H groups in total. The van der Waals surface area contributed by atoms with E-state index in [2.05, 4.69) is 10.5 Å². The first-order valence-corrected chi connectivity index (χ1v) is 7.35. The molecule has 0 heterocycles. The van der Waals surface area contributed by atoms with E-state index in [1.165, 1.54) is 0 Å². The van der Waals surface area contributed by atoms with Crippen LogP contribution in [0.3, 0.4) is 0 Å². The maximum Gasteiger partial charge on any atom is 0.280 e. The number of hydrogen-bond acceptors (Lipinski definition) is 4. The fraction of sp³-hybridized carbons (Fsp3) is 0.176. The Labute approximate surface area is 139 Å². The monoisotopic (exact) mass is 332 g/mol. The van der Waals surface area contributed by atoms with Gasteiger partial charge in [0.2, 0.25) is 0 Å². The van der Waals surface area contributed by atoms with Crippen LogP contribution in [-0.2, 0) is 4.79 Å². The van der Waals surface area contributed by atoms with Gasteiger partial charge in [-0.3, -0.25) is 4.79 Å². The summed E-state index contributed by atoms with van der Waals surface area (Å²) in [7, 11) is 1.60. The fourth-order valence-corrected chi connectivity index (χ4v) is 1.85. The summed E-state index contributed by atoms with van der Waals surface area (Å²) in [6, 6.07) is 14.1. The number of benzene rings is 2. The highest BCUT2D eigenvalue weighted by molar-refractivity contribution is 6.30. The quantitative estimate of drug-likeness (QED) is 0.652. The van der Waals surface area contributed by atoms with Gasteiger partial charge in [-0.2, -0.15) is 5.10 Å². The average Bonchev–Trinajstić information content (AvgIpc) is 2.57. The van der Waals surface area contributed by atoms with Crippen LogP contribution in [0, 0.1) is 0 Å². The van der Waals surface area contributed by atoms with Crippen molar-refractivity contribution in [2.45, 2.75) is 13.0 Å². The van der Waals surface area contributed by atoms with E-state index in [1.807, 2.05) is 24.3 Å². The van der Waals surface area contributed by atoms with Gasteiger partial charge in [-0.25, -0.2) is 5.43 Å². The topological polar surface area (TPSA) is 59.9 Å². The molecule has 0 bridgehead atoms. The predicted molar refractivity (Wildman–Crippen MR) is 90.3 cm³/mol. The van der Waals surface area contributed by atoms with Gasteiger partial charge < -0.3 is 9.47 Å². The Bertz CT molecular complexity index is 669. The van der Waals surface area contributed by atoms with Crippen molar-refractivity contribution in [2.24, 2.45) is 5.10 Å². The SMILES string of the molecule is COc1ccc(C=NNC(=O)C(C)Oc2ccc(Cl)cc2)cc1. The average molecular weight is 333 g/mol. The van der Waals surface area contributed by atoms with Crippen molar-refractivity contribution in [1.82, 2.24) is 5.43 Å². The van der Waals surface area contributed by atoms with Crippen molar-refractivity contribution in [1.29, 1.82) is 0 Å². The summed E-state index contributed by atoms with van der Waals surface area (Å²) >= 11 is 5.79. The first kappa shape index (κ1) is 16.8. The largest absolute Gasteiger partial charge is 0.497 e. The number of methoxy groups -OCH3 is 1. The molecule has 0 spiro atoms. The predicted octanol–water partition coefficient (Wildman–Crippen LogP) is 3.27. The number of ether oxygens (including phenoxy) is 2. The number of amides is 1. The van der Waals surface area contributed by atoms with E-state index in [0.29, 0.717) is 10.8 Å². The lowest BCUT2D eigenvalue weighted by molar-refractivity contribution is -0.127. The van der Waals surface area contributed by atoms with E-state index in [4.69, 9.17) is 21.1 Å².